The summed E-state index contributed by atoms with van der Waals surface area (Å²) >= 11 is 0. The third kappa shape index (κ3) is 2.12. The maximum Gasteiger partial charge on any atom is 0.255 e. The highest BCUT2D eigenvalue weighted by Crippen LogP contribution is 2.29. The van der Waals surface area contributed by atoms with Gasteiger partial charge in [0.15, 0.2) is 0 Å². The molecule has 0 aliphatic carbocycles. The maximum absolute atomic E-state index is 12.5. The van der Waals surface area contributed by atoms with Gasteiger partial charge in [0.05, 0.1) is 0 Å². The molecule has 1 saturated heterocycles. The van der Waals surface area contributed by atoms with Gasteiger partial charge in [-0.1, -0.05) is 17.7 Å². The molecule has 110 valence electrons. The first-order valence-corrected chi connectivity index (χ1v) is 6.88. The van der Waals surface area contributed by atoms with Crippen LogP contribution in [0.3, 0.4) is 0 Å². The highest BCUT2D eigenvalue weighted by atomic mass is 16.3. The molecule has 2 aliphatic heterocycles. The zero-order chi connectivity index (χ0) is 15.1. The van der Waals surface area contributed by atoms with Gasteiger partial charge in [-0.25, -0.2) is 0 Å². The van der Waals surface area contributed by atoms with Gasteiger partial charge in [-0.3, -0.25) is 19.3 Å². The Balaban J connectivity index is 1.88. The lowest BCUT2D eigenvalue weighted by molar-refractivity contribution is -0.156. The Labute approximate surface area is 122 Å². The Bertz CT molecular complexity index is 641. The second-order valence-corrected chi connectivity index (χ2v) is 5.45. The number of rotatable bonds is 2. The number of nitrogens with zero attached hydrogens (tertiary/aromatic N) is 2. The molecule has 1 N–H and O–H groups in total. The molecule has 1 aromatic carbocycles. The summed E-state index contributed by atoms with van der Waals surface area (Å²) in [6, 6.07) is 4.97. The summed E-state index contributed by atoms with van der Waals surface area (Å²) in [7, 11) is 0. The van der Waals surface area contributed by atoms with E-state index in [1.807, 2.05) is 25.1 Å². The van der Waals surface area contributed by atoms with Crippen LogP contribution in [0.5, 0.6) is 0 Å². The molecule has 3 amide bonds. The predicted molar refractivity (Wildman–Crippen MR) is 73.0 cm³/mol. The number of likely N-dealkylation sites (tertiary alicyclic amines) is 1. The van der Waals surface area contributed by atoms with Crippen molar-refractivity contribution in [3.8, 4) is 0 Å². The van der Waals surface area contributed by atoms with Crippen LogP contribution in [0.4, 0.5) is 0 Å². The fourth-order valence-corrected chi connectivity index (χ4v) is 2.95. The van der Waals surface area contributed by atoms with Crippen LogP contribution in [-0.2, 0) is 16.1 Å². The van der Waals surface area contributed by atoms with Gasteiger partial charge in [-0.05, 0) is 25.0 Å². The number of benzene rings is 1. The summed E-state index contributed by atoms with van der Waals surface area (Å²) in [5.41, 5.74) is 2.51. The van der Waals surface area contributed by atoms with Gasteiger partial charge in [-0.15, -0.1) is 0 Å². The van der Waals surface area contributed by atoms with Crippen molar-refractivity contribution in [3.05, 3.63) is 34.9 Å². The van der Waals surface area contributed by atoms with Gasteiger partial charge < -0.3 is 10.0 Å². The van der Waals surface area contributed by atoms with Crippen LogP contribution in [-0.4, -0.2) is 45.4 Å². The van der Waals surface area contributed by atoms with E-state index in [9.17, 15) is 14.4 Å². The standard InChI is InChI=1S/C15H16N2O4/c1-9-2-3-10-7-16(14(20)11(10)6-9)12-4-5-13(19)17(8-18)15(12)21/h2-3,6,12,18H,4-5,7-8H2,1H3. The fourth-order valence-electron chi connectivity index (χ4n) is 2.95. The number of imide groups is 1. The number of hydrogen-bond donors (Lipinski definition) is 1. The third-order valence-corrected chi connectivity index (χ3v) is 4.10. The normalized spacial score (nSPS) is 22.0. The summed E-state index contributed by atoms with van der Waals surface area (Å²) in [6.07, 6.45) is 0.475. The summed E-state index contributed by atoms with van der Waals surface area (Å²) in [5, 5.41) is 9.15. The van der Waals surface area contributed by atoms with E-state index in [0.717, 1.165) is 16.0 Å². The van der Waals surface area contributed by atoms with Crippen molar-refractivity contribution in [2.45, 2.75) is 32.4 Å². The molecule has 6 heteroatoms. The minimum Gasteiger partial charge on any atom is -0.376 e. The summed E-state index contributed by atoms with van der Waals surface area (Å²) < 4.78 is 0. The Morgan fingerprint density at radius 2 is 2.05 bits per heavy atom. The zero-order valence-corrected chi connectivity index (χ0v) is 11.7. The Hall–Kier alpha value is -2.21. The van der Waals surface area contributed by atoms with Crippen molar-refractivity contribution >= 4 is 17.7 Å². The first-order valence-electron chi connectivity index (χ1n) is 6.88. The van der Waals surface area contributed by atoms with Gasteiger partial charge in [0.25, 0.3) is 11.8 Å². The number of piperidine rings is 1. The molecule has 6 nitrogen and oxygen atoms in total. The lowest BCUT2D eigenvalue weighted by Crippen LogP contribution is -2.54. The number of amides is 3. The first kappa shape index (κ1) is 13.8. The maximum atomic E-state index is 12.5. The SMILES string of the molecule is Cc1ccc2c(c1)C(=O)N(C1CCC(=O)N(CO)C1=O)C2. The van der Waals surface area contributed by atoms with Crippen LogP contribution in [0, 0.1) is 6.92 Å². The smallest absolute Gasteiger partial charge is 0.255 e. The van der Waals surface area contributed by atoms with E-state index in [4.69, 9.17) is 5.11 Å². The van der Waals surface area contributed by atoms with Crippen molar-refractivity contribution in [1.29, 1.82) is 0 Å². The van der Waals surface area contributed by atoms with Gasteiger partial charge in [0.2, 0.25) is 5.91 Å². The molecule has 1 atom stereocenters. The molecule has 0 saturated carbocycles. The zero-order valence-electron chi connectivity index (χ0n) is 11.7. The molecule has 1 aromatic rings. The first-order chi connectivity index (χ1) is 10.0. The number of carbonyl (C=O) groups excluding carboxylic acids is 3. The molecule has 2 aliphatic rings. The second-order valence-electron chi connectivity index (χ2n) is 5.45. The van der Waals surface area contributed by atoms with Crippen LogP contribution < -0.4 is 0 Å². The summed E-state index contributed by atoms with van der Waals surface area (Å²) in [4.78, 5) is 38.6. The van der Waals surface area contributed by atoms with Crippen molar-refractivity contribution in [2.75, 3.05) is 6.73 Å². The van der Waals surface area contributed by atoms with Gasteiger partial charge >= 0.3 is 0 Å². The molecule has 3 rings (SSSR count). The topological polar surface area (TPSA) is 77.9 Å². The third-order valence-electron chi connectivity index (χ3n) is 4.10. The molecule has 2 heterocycles. The average Bonchev–Trinajstić information content (AvgIpc) is 2.77. The Kier molecular flexibility index (Phi) is 3.25. The van der Waals surface area contributed by atoms with Gasteiger partial charge in [-0.2, -0.15) is 0 Å². The number of aliphatic hydroxyl groups excluding tert-OH is 1. The van der Waals surface area contributed by atoms with Crippen molar-refractivity contribution in [2.24, 2.45) is 0 Å². The molecule has 1 fully saturated rings. The van der Waals surface area contributed by atoms with Crippen LogP contribution in [0.15, 0.2) is 18.2 Å². The van der Waals surface area contributed by atoms with Gasteiger partial charge in [0, 0.05) is 18.5 Å². The monoisotopic (exact) mass is 288 g/mol. The molecule has 21 heavy (non-hydrogen) atoms. The molecule has 0 spiro atoms. The highest BCUT2D eigenvalue weighted by molar-refractivity contribution is 6.05. The van der Waals surface area contributed by atoms with E-state index in [1.54, 1.807) is 0 Å². The molecular formula is C15H16N2O4. The van der Waals surface area contributed by atoms with Crippen LogP contribution in [0.25, 0.3) is 0 Å². The molecule has 1 unspecified atom stereocenters. The van der Waals surface area contributed by atoms with E-state index in [2.05, 4.69) is 0 Å². The summed E-state index contributed by atoms with van der Waals surface area (Å²) in [5.74, 6) is -1.07. The molecule has 0 bridgehead atoms. The quantitative estimate of drug-likeness (QED) is 0.800. The van der Waals surface area contributed by atoms with Gasteiger partial charge in [0.1, 0.15) is 12.8 Å². The van der Waals surface area contributed by atoms with E-state index in [0.29, 0.717) is 18.5 Å². The minimum atomic E-state index is -0.671. The molecular weight excluding hydrogens is 272 g/mol. The van der Waals surface area contributed by atoms with E-state index < -0.39 is 24.6 Å². The lowest BCUT2D eigenvalue weighted by atomic mass is 10.0. The van der Waals surface area contributed by atoms with Crippen molar-refractivity contribution < 1.29 is 19.5 Å². The van der Waals surface area contributed by atoms with Crippen molar-refractivity contribution in [1.82, 2.24) is 9.80 Å². The van der Waals surface area contributed by atoms with Crippen molar-refractivity contribution in [3.63, 3.8) is 0 Å². The predicted octanol–water partition coefficient (Wildman–Crippen LogP) is 0.418. The number of fused-ring (bicyclic) bond motifs is 1. The minimum absolute atomic E-state index is 0.163. The Morgan fingerprint density at radius 1 is 1.29 bits per heavy atom. The fraction of sp³-hybridized carbons (Fsp3) is 0.400. The van der Waals surface area contributed by atoms with E-state index in [1.165, 1.54) is 4.90 Å². The van der Waals surface area contributed by atoms with Crippen LogP contribution in [0.2, 0.25) is 0 Å². The Morgan fingerprint density at radius 3 is 2.76 bits per heavy atom. The highest BCUT2D eigenvalue weighted by Gasteiger charge is 2.42. The molecule has 0 aromatic heterocycles. The average molecular weight is 288 g/mol. The summed E-state index contributed by atoms with van der Waals surface area (Å²) in [6.45, 7) is 1.65. The molecule has 0 radical (unpaired) electrons. The van der Waals surface area contributed by atoms with E-state index in [-0.39, 0.29) is 12.3 Å². The van der Waals surface area contributed by atoms with E-state index >= 15 is 0 Å². The number of aryl methyl sites for hydroxylation is 1. The lowest BCUT2D eigenvalue weighted by Gasteiger charge is -2.34. The number of aliphatic hydroxyl groups is 1. The van der Waals surface area contributed by atoms with Crippen LogP contribution in [0.1, 0.15) is 34.3 Å². The number of hydrogen-bond acceptors (Lipinski definition) is 4. The van der Waals surface area contributed by atoms with Crippen LogP contribution >= 0.6 is 0 Å². The largest absolute Gasteiger partial charge is 0.376 e. The second kappa shape index (κ2) is 4.96. The number of carbonyl (C=O) groups is 3.